The number of carbonyl (C=O) groups excluding carboxylic acids is 1. The first-order valence-corrected chi connectivity index (χ1v) is 5.92. The number of nitrogens with zero attached hydrogens (tertiary/aromatic N) is 2. The molecule has 0 amide bonds. The molecular weight excluding hydrogens is 216 g/mol. The number of para-hydroxylation sites is 2. The van der Waals surface area contributed by atoms with Crippen LogP contribution >= 0.6 is 0 Å². The summed E-state index contributed by atoms with van der Waals surface area (Å²) >= 11 is 0. The molecule has 0 atom stereocenters. The molecule has 1 aliphatic rings. The Labute approximate surface area is 98.9 Å². The smallest absolute Gasteiger partial charge is 0.156 e. The fraction of sp³-hybridized carbons (Fsp3) is 0.385. The lowest BCUT2D eigenvalue weighted by Crippen LogP contribution is -2.28. The Hall–Kier alpha value is -1.84. The zero-order chi connectivity index (χ0) is 11.8. The van der Waals surface area contributed by atoms with Crippen molar-refractivity contribution in [3.63, 3.8) is 0 Å². The molecule has 3 rings (SSSR count). The minimum Gasteiger partial charge on any atom is -0.542 e. The standard InChI is InChI=1S/C13H14N2O2/c16-13(17)12-14-10-6-1-2-7-11(10)15(12)8-9-4-3-5-9/h1-2,6-7,9H,3-5,8H2,(H,16,17)/p-1. The molecule has 1 aliphatic carbocycles. The van der Waals surface area contributed by atoms with Crippen LogP contribution in [0.4, 0.5) is 0 Å². The van der Waals surface area contributed by atoms with E-state index in [0.717, 1.165) is 17.6 Å². The van der Waals surface area contributed by atoms with Gasteiger partial charge in [-0.05, 0) is 30.9 Å². The molecule has 17 heavy (non-hydrogen) atoms. The Kier molecular flexibility index (Phi) is 2.35. The molecule has 0 unspecified atom stereocenters. The van der Waals surface area contributed by atoms with Gasteiger partial charge in [0.1, 0.15) is 5.97 Å². The van der Waals surface area contributed by atoms with E-state index in [1.165, 1.54) is 19.3 Å². The number of hydrogen-bond donors (Lipinski definition) is 0. The van der Waals surface area contributed by atoms with E-state index in [2.05, 4.69) is 4.98 Å². The number of rotatable bonds is 3. The van der Waals surface area contributed by atoms with Crippen molar-refractivity contribution in [2.75, 3.05) is 0 Å². The molecule has 0 aliphatic heterocycles. The monoisotopic (exact) mass is 229 g/mol. The van der Waals surface area contributed by atoms with Crippen LogP contribution in [0.3, 0.4) is 0 Å². The van der Waals surface area contributed by atoms with Gasteiger partial charge in [-0.1, -0.05) is 18.6 Å². The number of fused-ring (bicyclic) bond motifs is 1. The summed E-state index contributed by atoms with van der Waals surface area (Å²) in [5.74, 6) is -0.552. The van der Waals surface area contributed by atoms with E-state index in [9.17, 15) is 9.90 Å². The number of carboxylic acids is 1. The Morgan fingerprint density at radius 3 is 2.82 bits per heavy atom. The van der Waals surface area contributed by atoms with Crippen LogP contribution in [0.25, 0.3) is 11.0 Å². The highest BCUT2D eigenvalue weighted by molar-refractivity contribution is 5.88. The minimum atomic E-state index is -1.19. The van der Waals surface area contributed by atoms with E-state index in [1.807, 2.05) is 24.3 Å². The first-order chi connectivity index (χ1) is 8.25. The first-order valence-electron chi connectivity index (χ1n) is 5.92. The highest BCUT2D eigenvalue weighted by Crippen LogP contribution is 2.29. The van der Waals surface area contributed by atoms with Gasteiger partial charge in [0.25, 0.3) is 0 Å². The molecule has 1 aromatic carbocycles. The maximum absolute atomic E-state index is 11.1. The van der Waals surface area contributed by atoms with E-state index in [1.54, 1.807) is 4.57 Å². The molecular formula is C13H13N2O2-. The second kappa shape index (κ2) is 3.87. The van der Waals surface area contributed by atoms with E-state index < -0.39 is 5.97 Å². The number of benzene rings is 1. The van der Waals surface area contributed by atoms with Crippen LogP contribution < -0.4 is 5.11 Å². The summed E-state index contributed by atoms with van der Waals surface area (Å²) in [6.07, 6.45) is 3.61. The molecule has 4 nitrogen and oxygen atoms in total. The van der Waals surface area contributed by atoms with Crippen LogP contribution in [0.15, 0.2) is 24.3 Å². The largest absolute Gasteiger partial charge is 0.542 e. The normalized spacial score (nSPS) is 16.0. The van der Waals surface area contributed by atoms with Crippen LogP contribution in [-0.4, -0.2) is 15.5 Å². The number of aromatic carboxylic acids is 1. The summed E-state index contributed by atoms with van der Waals surface area (Å²) in [4.78, 5) is 15.2. The lowest BCUT2D eigenvalue weighted by atomic mass is 9.85. The summed E-state index contributed by atoms with van der Waals surface area (Å²) in [5.41, 5.74) is 1.62. The maximum atomic E-state index is 11.1. The third-order valence-corrected chi connectivity index (χ3v) is 3.50. The first kappa shape index (κ1) is 10.3. The molecule has 4 heteroatoms. The minimum absolute atomic E-state index is 0.0538. The van der Waals surface area contributed by atoms with E-state index in [-0.39, 0.29) is 5.82 Å². The summed E-state index contributed by atoms with van der Waals surface area (Å²) in [7, 11) is 0. The summed E-state index contributed by atoms with van der Waals surface area (Å²) in [6.45, 7) is 0.740. The number of carboxylic acid groups (broad SMARTS) is 1. The van der Waals surface area contributed by atoms with Crippen molar-refractivity contribution in [3.8, 4) is 0 Å². The second-order valence-corrected chi connectivity index (χ2v) is 4.62. The van der Waals surface area contributed by atoms with Crippen molar-refractivity contribution in [1.29, 1.82) is 0 Å². The van der Waals surface area contributed by atoms with Crippen molar-refractivity contribution in [3.05, 3.63) is 30.1 Å². The van der Waals surface area contributed by atoms with E-state index >= 15 is 0 Å². The molecule has 0 bridgehead atoms. The van der Waals surface area contributed by atoms with Crippen molar-refractivity contribution in [2.45, 2.75) is 25.8 Å². The van der Waals surface area contributed by atoms with Gasteiger partial charge in [0, 0.05) is 6.54 Å². The van der Waals surface area contributed by atoms with Crippen LogP contribution in [0.5, 0.6) is 0 Å². The topological polar surface area (TPSA) is 57.9 Å². The Balaban J connectivity index is 2.10. The van der Waals surface area contributed by atoms with Gasteiger partial charge in [-0.3, -0.25) is 0 Å². The lowest BCUT2D eigenvalue weighted by Gasteiger charge is -2.26. The number of imidazole rings is 1. The molecule has 1 saturated carbocycles. The van der Waals surface area contributed by atoms with Crippen molar-refractivity contribution >= 4 is 17.0 Å². The quantitative estimate of drug-likeness (QED) is 0.794. The van der Waals surface area contributed by atoms with Gasteiger partial charge in [0.15, 0.2) is 5.82 Å². The van der Waals surface area contributed by atoms with Crippen molar-refractivity contribution < 1.29 is 9.90 Å². The summed E-state index contributed by atoms with van der Waals surface area (Å²) in [5, 5.41) is 11.1. The van der Waals surface area contributed by atoms with Crippen molar-refractivity contribution in [1.82, 2.24) is 9.55 Å². The maximum Gasteiger partial charge on any atom is 0.156 e. The average molecular weight is 229 g/mol. The van der Waals surface area contributed by atoms with Gasteiger partial charge in [0.05, 0.1) is 11.0 Å². The van der Waals surface area contributed by atoms with Gasteiger partial charge >= 0.3 is 0 Å². The summed E-state index contributed by atoms with van der Waals surface area (Å²) < 4.78 is 1.79. The van der Waals surface area contributed by atoms with E-state index in [0.29, 0.717) is 5.92 Å². The van der Waals surface area contributed by atoms with Gasteiger partial charge in [0.2, 0.25) is 0 Å². The van der Waals surface area contributed by atoms with Crippen molar-refractivity contribution in [2.24, 2.45) is 5.92 Å². The third kappa shape index (κ3) is 1.69. The predicted octanol–water partition coefficient (Wildman–Crippen LogP) is 1.20. The second-order valence-electron chi connectivity index (χ2n) is 4.62. The molecule has 0 radical (unpaired) electrons. The van der Waals surface area contributed by atoms with E-state index in [4.69, 9.17) is 0 Å². The molecule has 2 aromatic rings. The van der Waals surface area contributed by atoms with Crippen LogP contribution in [0, 0.1) is 5.92 Å². The summed E-state index contributed by atoms with van der Waals surface area (Å²) in [6, 6.07) is 7.51. The molecule has 1 aromatic heterocycles. The number of carbonyl (C=O) groups is 1. The molecule has 0 saturated heterocycles. The zero-order valence-corrected chi connectivity index (χ0v) is 9.43. The fourth-order valence-corrected chi connectivity index (χ4v) is 2.35. The molecule has 0 N–H and O–H groups in total. The Morgan fingerprint density at radius 1 is 1.41 bits per heavy atom. The highest BCUT2D eigenvalue weighted by atomic mass is 16.4. The lowest BCUT2D eigenvalue weighted by molar-refractivity contribution is -0.256. The molecule has 0 spiro atoms. The molecule has 88 valence electrons. The van der Waals surface area contributed by atoms with Gasteiger partial charge in [-0.2, -0.15) is 0 Å². The van der Waals surface area contributed by atoms with Crippen LogP contribution in [-0.2, 0) is 6.54 Å². The Bertz CT molecular complexity index is 570. The number of hydrogen-bond acceptors (Lipinski definition) is 3. The van der Waals surface area contributed by atoms with Crippen LogP contribution in [0.1, 0.15) is 29.9 Å². The van der Waals surface area contributed by atoms with Crippen LogP contribution in [0.2, 0.25) is 0 Å². The fourth-order valence-electron chi connectivity index (χ4n) is 2.35. The molecule has 1 heterocycles. The van der Waals surface area contributed by atoms with Gasteiger partial charge in [-0.15, -0.1) is 0 Å². The van der Waals surface area contributed by atoms with Gasteiger partial charge in [-0.25, -0.2) is 4.98 Å². The average Bonchev–Trinajstić information content (AvgIpc) is 2.62. The Morgan fingerprint density at radius 2 is 2.18 bits per heavy atom. The van der Waals surface area contributed by atoms with Gasteiger partial charge < -0.3 is 14.5 Å². The SMILES string of the molecule is O=C([O-])c1nc2ccccc2n1CC1CCC1. The highest BCUT2D eigenvalue weighted by Gasteiger charge is 2.21. The zero-order valence-electron chi connectivity index (χ0n) is 9.43. The predicted molar refractivity (Wildman–Crippen MR) is 61.4 cm³/mol. The third-order valence-electron chi connectivity index (χ3n) is 3.50. The number of aromatic nitrogens is 2. The molecule has 1 fully saturated rings.